The quantitative estimate of drug-likeness (QED) is 0.855. The lowest BCUT2D eigenvalue weighted by Crippen LogP contribution is -2.50. The second-order valence-corrected chi connectivity index (χ2v) is 7.59. The molecule has 27 heavy (non-hydrogen) atoms. The topological polar surface area (TPSA) is 54.0 Å². The van der Waals surface area contributed by atoms with Crippen molar-refractivity contribution in [3.8, 4) is 5.75 Å². The van der Waals surface area contributed by atoms with Gasteiger partial charge in [0.25, 0.3) is 0 Å². The number of methoxy groups -OCH3 is 2. The van der Waals surface area contributed by atoms with Gasteiger partial charge in [0, 0.05) is 45.0 Å². The van der Waals surface area contributed by atoms with Crippen LogP contribution < -0.4 is 10.1 Å². The number of nitrogens with one attached hydrogen (secondary N) is 1. The molecule has 2 amide bonds. The molecule has 1 aromatic carbocycles. The summed E-state index contributed by atoms with van der Waals surface area (Å²) in [5.41, 5.74) is 0.810. The van der Waals surface area contributed by atoms with E-state index < -0.39 is 0 Å². The number of benzene rings is 1. The molecule has 1 N–H and O–H groups in total. The van der Waals surface area contributed by atoms with Crippen molar-refractivity contribution in [1.29, 1.82) is 0 Å². The monoisotopic (exact) mass is 375 g/mol. The number of urea groups is 1. The van der Waals surface area contributed by atoms with Crippen molar-refractivity contribution in [3.63, 3.8) is 0 Å². The van der Waals surface area contributed by atoms with E-state index in [9.17, 15) is 4.79 Å². The van der Waals surface area contributed by atoms with Gasteiger partial charge >= 0.3 is 6.03 Å². The van der Waals surface area contributed by atoms with Crippen molar-refractivity contribution in [2.75, 3.05) is 45.7 Å². The largest absolute Gasteiger partial charge is 0.497 e. The van der Waals surface area contributed by atoms with E-state index in [1.54, 1.807) is 14.2 Å². The Labute approximate surface area is 162 Å². The molecule has 2 heterocycles. The number of likely N-dealkylation sites (tertiary alicyclic amines) is 2. The van der Waals surface area contributed by atoms with E-state index in [0.717, 1.165) is 63.3 Å². The van der Waals surface area contributed by atoms with Crippen LogP contribution in [0.4, 0.5) is 10.5 Å². The smallest absolute Gasteiger partial charge is 0.322 e. The number of nitrogens with zero attached hydrogens (tertiary/aromatic N) is 2. The first-order valence-corrected chi connectivity index (χ1v) is 10.2. The normalized spacial score (nSPS) is 22.3. The molecule has 1 atom stereocenters. The highest BCUT2D eigenvalue weighted by Gasteiger charge is 2.29. The Bertz CT molecular complexity index is 585. The fraction of sp³-hybridized carbons (Fsp3) is 0.667. The van der Waals surface area contributed by atoms with Crippen LogP contribution in [-0.4, -0.2) is 68.4 Å². The van der Waals surface area contributed by atoms with E-state index in [0.29, 0.717) is 6.10 Å². The van der Waals surface area contributed by atoms with Gasteiger partial charge in [-0.2, -0.15) is 0 Å². The molecule has 2 fully saturated rings. The average Bonchev–Trinajstić information content (AvgIpc) is 2.94. The Morgan fingerprint density at radius 2 is 1.78 bits per heavy atom. The first kappa shape index (κ1) is 20.0. The molecule has 0 spiro atoms. The molecule has 0 radical (unpaired) electrons. The molecule has 3 rings (SSSR count). The number of rotatable bonds is 5. The van der Waals surface area contributed by atoms with Gasteiger partial charge in [-0.3, -0.25) is 0 Å². The Morgan fingerprint density at radius 1 is 1.04 bits per heavy atom. The summed E-state index contributed by atoms with van der Waals surface area (Å²) in [4.78, 5) is 17.5. The summed E-state index contributed by atoms with van der Waals surface area (Å²) in [6.07, 6.45) is 7.13. The summed E-state index contributed by atoms with van der Waals surface area (Å²) in [5, 5.41) is 3.07. The van der Waals surface area contributed by atoms with E-state index in [2.05, 4.69) is 15.1 Å². The van der Waals surface area contributed by atoms with Gasteiger partial charge in [-0.25, -0.2) is 4.79 Å². The number of hydrogen-bond acceptors (Lipinski definition) is 4. The standard InChI is InChI=1S/C21H33N3O3/c1-26-19-9-7-17(8-10-19)22-21(25)24-13-5-3-4-6-18(24)16-23-14-11-20(27-2)12-15-23/h7-10,18,20H,3-6,11-16H2,1-2H3,(H,22,25). The van der Waals surface area contributed by atoms with Crippen molar-refractivity contribution in [3.05, 3.63) is 24.3 Å². The lowest BCUT2D eigenvalue weighted by Gasteiger charge is -2.37. The van der Waals surface area contributed by atoms with Crippen molar-refractivity contribution in [1.82, 2.24) is 9.80 Å². The van der Waals surface area contributed by atoms with Gasteiger partial charge in [0.15, 0.2) is 0 Å². The number of carbonyl (C=O) groups is 1. The lowest BCUT2D eigenvalue weighted by atomic mass is 10.0. The van der Waals surface area contributed by atoms with E-state index in [1.165, 1.54) is 12.8 Å². The Morgan fingerprint density at radius 3 is 2.44 bits per heavy atom. The Kier molecular flexibility index (Phi) is 7.35. The maximum atomic E-state index is 13.0. The van der Waals surface area contributed by atoms with Crippen LogP contribution in [0.1, 0.15) is 38.5 Å². The molecule has 150 valence electrons. The van der Waals surface area contributed by atoms with Gasteiger partial charge in [0.1, 0.15) is 5.75 Å². The van der Waals surface area contributed by atoms with Crippen LogP contribution in [0.5, 0.6) is 5.75 Å². The van der Waals surface area contributed by atoms with Crippen molar-refractivity contribution in [2.24, 2.45) is 0 Å². The highest BCUT2D eigenvalue weighted by Crippen LogP contribution is 2.22. The van der Waals surface area contributed by atoms with Gasteiger partial charge in [0.05, 0.1) is 13.2 Å². The molecule has 6 nitrogen and oxygen atoms in total. The molecule has 1 unspecified atom stereocenters. The van der Waals surface area contributed by atoms with Crippen LogP contribution in [0.25, 0.3) is 0 Å². The zero-order chi connectivity index (χ0) is 19.1. The van der Waals surface area contributed by atoms with E-state index in [1.807, 2.05) is 24.3 Å². The minimum atomic E-state index is 0.0128. The highest BCUT2D eigenvalue weighted by atomic mass is 16.5. The van der Waals surface area contributed by atoms with Crippen molar-refractivity contribution in [2.45, 2.75) is 50.7 Å². The molecule has 2 aliphatic heterocycles. The van der Waals surface area contributed by atoms with Crippen LogP contribution >= 0.6 is 0 Å². The van der Waals surface area contributed by atoms with Crippen LogP contribution in [0.2, 0.25) is 0 Å². The first-order valence-electron chi connectivity index (χ1n) is 10.2. The van der Waals surface area contributed by atoms with E-state index in [4.69, 9.17) is 9.47 Å². The fourth-order valence-corrected chi connectivity index (χ4v) is 4.13. The number of amides is 2. The van der Waals surface area contributed by atoms with Crippen molar-refractivity contribution < 1.29 is 14.3 Å². The zero-order valence-corrected chi connectivity index (χ0v) is 16.7. The average molecular weight is 376 g/mol. The number of piperidine rings is 1. The number of anilines is 1. The van der Waals surface area contributed by atoms with Crippen molar-refractivity contribution >= 4 is 11.7 Å². The third-order valence-electron chi connectivity index (χ3n) is 5.82. The minimum Gasteiger partial charge on any atom is -0.497 e. The lowest BCUT2D eigenvalue weighted by molar-refractivity contribution is 0.0336. The first-order chi connectivity index (χ1) is 13.2. The van der Waals surface area contributed by atoms with Gasteiger partial charge in [-0.1, -0.05) is 12.8 Å². The number of ether oxygens (including phenoxy) is 2. The molecular formula is C21H33N3O3. The maximum Gasteiger partial charge on any atom is 0.322 e. The Balaban J connectivity index is 1.60. The minimum absolute atomic E-state index is 0.0128. The summed E-state index contributed by atoms with van der Waals surface area (Å²) in [6.45, 7) is 3.92. The molecule has 6 heteroatoms. The summed E-state index contributed by atoms with van der Waals surface area (Å²) < 4.78 is 10.7. The molecule has 0 aromatic heterocycles. The molecule has 0 saturated carbocycles. The molecule has 1 aromatic rings. The van der Waals surface area contributed by atoms with Gasteiger partial charge < -0.3 is 24.6 Å². The summed E-state index contributed by atoms with van der Waals surface area (Å²) >= 11 is 0. The zero-order valence-electron chi connectivity index (χ0n) is 16.7. The van der Waals surface area contributed by atoms with E-state index in [-0.39, 0.29) is 12.1 Å². The van der Waals surface area contributed by atoms with Crippen LogP contribution in [0, 0.1) is 0 Å². The molecular weight excluding hydrogens is 342 g/mol. The summed E-state index contributed by atoms with van der Waals surface area (Å²) in [5.74, 6) is 0.792. The van der Waals surface area contributed by atoms with Crippen LogP contribution in [0.15, 0.2) is 24.3 Å². The number of carbonyl (C=O) groups excluding carboxylic acids is 1. The highest BCUT2D eigenvalue weighted by molar-refractivity contribution is 5.89. The second kappa shape index (κ2) is 9.95. The summed E-state index contributed by atoms with van der Waals surface area (Å²) in [6, 6.07) is 7.81. The predicted octanol–water partition coefficient (Wildman–Crippen LogP) is 3.58. The maximum absolute atomic E-state index is 13.0. The van der Waals surface area contributed by atoms with E-state index >= 15 is 0 Å². The predicted molar refractivity (Wildman–Crippen MR) is 107 cm³/mol. The molecule has 0 bridgehead atoms. The van der Waals surface area contributed by atoms with Gasteiger partial charge in [-0.05, 0) is 49.9 Å². The van der Waals surface area contributed by atoms with Gasteiger partial charge in [-0.15, -0.1) is 0 Å². The second-order valence-electron chi connectivity index (χ2n) is 7.59. The third-order valence-corrected chi connectivity index (χ3v) is 5.82. The Hall–Kier alpha value is -1.79. The van der Waals surface area contributed by atoms with Crippen LogP contribution in [-0.2, 0) is 4.74 Å². The SMILES string of the molecule is COc1ccc(NC(=O)N2CCCCCC2CN2CCC(OC)CC2)cc1. The summed E-state index contributed by atoms with van der Waals surface area (Å²) in [7, 11) is 3.45. The van der Waals surface area contributed by atoms with Crippen LogP contribution in [0.3, 0.4) is 0 Å². The third kappa shape index (κ3) is 5.59. The molecule has 2 aliphatic rings. The number of hydrogen-bond donors (Lipinski definition) is 1. The molecule has 2 saturated heterocycles. The fourth-order valence-electron chi connectivity index (χ4n) is 4.13. The van der Waals surface area contributed by atoms with Gasteiger partial charge in [0.2, 0.25) is 0 Å². The molecule has 0 aliphatic carbocycles.